The van der Waals surface area contributed by atoms with Crippen LogP contribution in [-0.4, -0.2) is 16.5 Å². The van der Waals surface area contributed by atoms with Gasteiger partial charge in [-0.1, -0.05) is 12.1 Å². The highest BCUT2D eigenvalue weighted by Gasteiger charge is 2.28. The van der Waals surface area contributed by atoms with E-state index in [2.05, 4.69) is 0 Å². The molecule has 4 heteroatoms. The largest absolute Gasteiger partial charge is 0.508 e. The van der Waals surface area contributed by atoms with Crippen LogP contribution in [0.3, 0.4) is 0 Å². The first-order chi connectivity index (χ1) is 12.1. The Bertz CT molecular complexity index is 1010. The molecule has 1 aliphatic carbocycles. The second-order valence-corrected chi connectivity index (χ2v) is 6.18. The van der Waals surface area contributed by atoms with Crippen LogP contribution in [0.25, 0.3) is 11.1 Å². The Morgan fingerprint density at radius 3 is 2.48 bits per heavy atom. The molecule has 3 aromatic rings. The highest BCUT2D eigenvalue weighted by atomic mass is 16.3. The van der Waals surface area contributed by atoms with Gasteiger partial charge in [0.25, 0.3) is 0 Å². The van der Waals surface area contributed by atoms with Crippen LogP contribution in [0.1, 0.15) is 38.4 Å². The number of carbonyl (C=O) groups excluding carboxylic acids is 1. The molecule has 0 atom stereocenters. The van der Waals surface area contributed by atoms with Crippen LogP contribution in [0.15, 0.2) is 53.1 Å². The molecule has 0 bridgehead atoms. The minimum Gasteiger partial charge on any atom is -0.508 e. The lowest BCUT2D eigenvalue weighted by Gasteiger charge is -2.09. The topological polar surface area (TPSA) is 70.7 Å². The lowest BCUT2D eigenvalue weighted by Crippen LogP contribution is -1.92. The van der Waals surface area contributed by atoms with Crippen molar-refractivity contribution >= 4 is 17.4 Å². The van der Waals surface area contributed by atoms with Crippen LogP contribution < -0.4 is 0 Å². The first kappa shape index (κ1) is 15.3. The standard InChI is InChI=1S/C21H16O4/c1-12-8-15(24)9-19-17(12)10-18(13-2-4-14(23)5-3-13)21(19)16-6-7-25-20(16)11-22/h2-9,11,23-24H,10H2,1H3. The van der Waals surface area contributed by atoms with Gasteiger partial charge < -0.3 is 14.6 Å². The summed E-state index contributed by atoms with van der Waals surface area (Å²) in [6, 6.07) is 12.2. The van der Waals surface area contributed by atoms with E-state index in [0.29, 0.717) is 18.3 Å². The summed E-state index contributed by atoms with van der Waals surface area (Å²) in [6.07, 6.45) is 2.88. The molecule has 2 N–H and O–H groups in total. The van der Waals surface area contributed by atoms with Crippen LogP contribution in [0.5, 0.6) is 11.5 Å². The number of phenolic OH excluding ortho intramolecular Hbond substituents is 2. The van der Waals surface area contributed by atoms with E-state index in [4.69, 9.17) is 4.42 Å². The Kier molecular flexibility index (Phi) is 3.46. The van der Waals surface area contributed by atoms with Crippen molar-refractivity contribution < 1.29 is 19.4 Å². The average molecular weight is 332 g/mol. The summed E-state index contributed by atoms with van der Waals surface area (Å²) < 4.78 is 5.30. The van der Waals surface area contributed by atoms with Crippen LogP contribution in [0, 0.1) is 6.92 Å². The van der Waals surface area contributed by atoms with Gasteiger partial charge in [-0.15, -0.1) is 0 Å². The zero-order valence-electron chi connectivity index (χ0n) is 13.6. The number of allylic oxidation sites excluding steroid dienone is 1. The van der Waals surface area contributed by atoms with E-state index >= 15 is 0 Å². The van der Waals surface area contributed by atoms with E-state index in [-0.39, 0.29) is 17.3 Å². The molecule has 1 heterocycles. The van der Waals surface area contributed by atoms with Gasteiger partial charge in [-0.2, -0.15) is 0 Å². The third-order valence-electron chi connectivity index (χ3n) is 4.67. The van der Waals surface area contributed by atoms with Gasteiger partial charge in [-0.3, -0.25) is 4.79 Å². The molecular weight excluding hydrogens is 316 g/mol. The highest BCUT2D eigenvalue weighted by Crippen LogP contribution is 2.45. The maximum absolute atomic E-state index is 11.4. The second kappa shape index (κ2) is 5.67. The number of carbonyl (C=O) groups is 1. The Morgan fingerprint density at radius 1 is 1.00 bits per heavy atom. The number of aromatic hydroxyl groups is 2. The molecule has 25 heavy (non-hydrogen) atoms. The van der Waals surface area contributed by atoms with Crippen molar-refractivity contribution in [2.45, 2.75) is 13.3 Å². The van der Waals surface area contributed by atoms with Gasteiger partial charge in [0.1, 0.15) is 11.5 Å². The molecule has 124 valence electrons. The van der Waals surface area contributed by atoms with Gasteiger partial charge in [0.2, 0.25) is 0 Å². The Morgan fingerprint density at radius 2 is 1.76 bits per heavy atom. The molecule has 1 aromatic heterocycles. The molecule has 0 radical (unpaired) electrons. The molecule has 0 aliphatic heterocycles. The molecule has 4 nitrogen and oxygen atoms in total. The number of fused-ring (bicyclic) bond motifs is 1. The van der Waals surface area contributed by atoms with Crippen molar-refractivity contribution in [1.82, 2.24) is 0 Å². The van der Waals surface area contributed by atoms with Crippen molar-refractivity contribution in [3.8, 4) is 11.5 Å². The van der Waals surface area contributed by atoms with Gasteiger partial charge in [0.15, 0.2) is 12.0 Å². The zero-order valence-corrected chi connectivity index (χ0v) is 13.6. The van der Waals surface area contributed by atoms with Crippen molar-refractivity contribution in [3.63, 3.8) is 0 Å². The molecule has 0 saturated heterocycles. The van der Waals surface area contributed by atoms with Crippen molar-refractivity contribution in [2.24, 2.45) is 0 Å². The monoisotopic (exact) mass is 332 g/mol. The van der Waals surface area contributed by atoms with E-state index in [1.807, 2.05) is 19.1 Å². The lowest BCUT2D eigenvalue weighted by molar-refractivity contribution is 0.110. The van der Waals surface area contributed by atoms with Crippen molar-refractivity contribution in [2.75, 3.05) is 0 Å². The number of rotatable bonds is 3. The molecular formula is C21H16O4. The third kappa shape index (κ3) is 2.43. The summed E-state index contributed by atoms with van der Waals surface area (Å²) in [5, 5.41) is 19.6. The van der Waals surface area contributed by atoms with Crippen LogP contribution in [-0.2, 0) is 6.42 Å². The molecule has 0 amide bonds. The smallest absolute Gasteiger partial charge is 0.185 e. The zero-order chi connectivity index (χ0) is 17.6. The minimum atomic E-state index is 0.192. The predicted octanol–water partition coefficient (Wildman–Crippen LogP) is 4.33. The second-order valence-electron chi connectivity index (χ2n) is 6.18. The Labute approximate surface area is 144 Å². The first-order valence-corrected chi connectivity index (χ1v) is 7.97. The number of benzene rings is 2. The third-order valence-corrected chi connectivity index (χ3v) is 4.67. The van der Waals surface area contributed by atoms with Gasteiger partial charge in [0.05, 0.1) is 6.26 Å². The van der Waals surface area contributed by atoms with Gasteiger partial charge >= 0.3 is 0 Å². The van der Waals surface area contributed by atoms with E-state index in [1.165, 1.54) is 6.26 Å². The van der Waals surface area contributed by atoms with Gasteiger partial charge in [0, 0.05) is 5.56 Å². The van der Waals surface area contributed by atoms with E-state index < -0.39 is 0 Å². The summed E-state index contributed by atoms with van der Waals surface area (Å²) in [7, 11) is 0. The maximum Gasteiger partial charge on any atom is 0.185 e. The Balaban J connectivity index is 2.01. The summed E-state index contributed by atoms with van der Waals surface area (Å²) in [5.74, 6) is 0.657. The number of aryl methyl sites for hydroxylation is 1. The van der Waals surface area contributed by atoms with Gasteiger partial charge in [-0.05, 0) is 77.1 Å². The van der Waals surface area contributed by atoms with Gasteiger partial charge in [-0.25, -0.2) is 0 Å². The fourth-order valence-corrected chi connectivity index (χ4v) is 3.52. The maximum atomic E-state index is 11.4. The summed E-state index contributed by atoms with van der Waals surface area (Å²) in [6.45, 7) is 1.96. The summed E-state index contributed by atoms with van der Waals surface area (Å²) in [5.41, 5.74) is 6.61. The summed E-state index contributed by atoms with van der Waals surface area (Å²) >= 11 is 0. The Hall–Kier alpha value is -3.27. The molecule has 0 spiro atoms. The number of hydrogen-bond acceptors (Lipinski definition) is 4. The first-order valence-electron chi connectivity index (χ1n) is 7.97. The van der Waals surface area contributed by atoms with Crippen LogP contribution in [0.4, 0.5) is 0 Å². The number of furan rings is 1. The van der Waals surface area contributed by atoms with E-state index in [9.17, 15) is 15.0 Å². The number of aldehydes is 1. The predicted molar refractivity (Wildman–Crippen MR) is 94.7 cm³/mol. The quantitative estimate of drug-likeness (QED) is 0.701. The van der Waals surface area contributed by atoms with Crippen molar-refractivity contribution in [3.05, 3.63) is 82.3 Å². The number of phenols is 2. The SMILES string of the molecule is Cc1cc(O)cc2c1CC(c1ccc(O)cc1)=C2c1ccoc1C=O. The molecule has 0 fully saturated rings. The van der Waals surface area contributed by atoms with Crippen LogP contribution >= 0.6 is 0 Å². The fraction of sp³-hybridized carbons (Fsp3) is 0.0952. The molecule has 0 unspecified atom stereocenters. The van der Waals surface area contributed by atoms with E-state index in [1.54, 1.807) is 30.3 Å². The fourth-order valence-electron chi connectivity index (χ4n) is 3.52. The lowest BCUT2D eigenvalue weighted by atomic mass is 9.94. The average Bonchev–Trinajstić information content (AvgIpc) is 3.19. The molecule has 4 rings (SSSR count). The minimum absolute atomic E-state index is 0.192. The van der Waals surface area contributed by atoms with E-state index in [0.717, 1.165) is 33.4 Å². The summed E-state index contributed by atoms with van der Waals surface area (Å²) in [4.78, 5) is 11.4. The molecule has 1 aliphatic rings. The highest BCUT2D eigenvalue weighted by molar-refractivity contribution is 6.06. The van der Waals surface area contributed by atoms with Crippen molar-refractivity contribution in [1.29, 1.82) is 0 Å². The molecule has 0 saturated carbocycles. The number of hydrogen-bond donors (Lipinski definition) is 2. The van der Waals surface area contributed by atoms with Crippen LogP contribution in [0.2, 0.25) is 0 Å². The normalized spacial score (nSPS) is 13.2. The molecule has 2 aromatic carbocycles.